The molecule has 1 fully saturated rings. The van der Waals surface area contributed by atoms with Gasteiger partial charge in [0.2, 0.25) is 11.5 Å². The van der Waals surface area contributed by atoms with Crippen LogP contribution in [0.15, 0.2) is 10.5 Å². The number of oxime groups is 1. The zero-order valence-electron chi connectivity index (χ0n) is 17.5. The number of nitrogens with one attached hydrogen (secondary N) is 1. The Kier molecular flexibility index (Phi) is 7.97. The molecule has 1 aromatic rings. The second-order valence-corrected chi connectivity index (χ2v) is 9.35. The third kappa shape index (κ3) is 6.73. The van der Waals surface area contributed by atoms with Crippen molar-refractivity contribution < 1.29 is 51.7 Å². The molecular formula is C15H20N6O11S2. The maximum atomic E-state index is 12.9. The van der Waals surface area contributed by atoms with Crippen LogP contribution >= 0.6 is 11.3 Å². The Morgan fingerprint density at radius 3 is 2.53 bits per heavy atom. The zero-order chi connectivity index (χ0) is 25.8. The van der Waals surface area contributed by atoms with Gasteiger partial charge < -0.3 is 31.5 Å². The number of thiazole rings is 1. The van der Waals surface area contributed by atoms with Gasteiger partial charge in [0, 0.05) is 5.38 Å². The normalized spacial score (nSPS) is 18.7. The molecule has 1 saturated heterocycles. The number of rotatable bonds is 11. The molecule has 17 nitrogen and oxygen atoms in total. The van der Waals surface area contributed by atoms with Gasteiger partial charge in [0.25, 0.3) is 21.9 Å². The lowest BCUT2D eigenvalue weighted by molar-refractivity contribution is -0.232. The summed E-state index contributed by atoms with van der Waals surface area (Å²) in [6.45, 7) is 1.72. The number of nitrogen functional groups attached to an aromatic ring is 1. The smallest absolute Gasteiger partial charge is 0.404 e. The van der Waals surface area contributed by atoms with Gasteiger partial charge in [-0.3, -0.25) is 19.0 Å². The van der Waals surface area contributed by atoms with Crippen LogP contribution in [0.3, 0.4) is 0 Å². The fourth-order valence-electron chi connectivity index (χ4n) is 2.30. The number of nitrogens with zero attached hydrogens (tertiary/aromatic N) is 3. The Morgan fingerprint density at radius 2 is 2.03 bits per heavy atom. The third-order valence-electron chi connectivity index (χ3n) is 4.05. The first-order chi connectivity index (χ1) is 15.6. The number of hydrogen-bond acceptors (Lipinski definition) is 13. The number of nitrogens with two attached hydrogens (primary N) is 2. The molecule has 0 saturated carbocycles. The van der Waals surface area contributed by atoms with Gasteiger partial charge in [0.1, 0.15) is 24.4 Å². The summed E-state index contributed by atoms with van der Waals surface area (Å²) in [5.74, 6) is -4.73. The molecule has 0 bridgehead atoms. The first kappa shape index (κ1) is 26.7. The summed E-state index contributed by atoms with van der Waals surface area (Å²) in [4.78, 5) is 61.0. The Hall–Kier alpha value is -3.55. The highest BCUT2D eigenvalue weighted by Gasteiger charge is 2.51. The molecule has 0 spiro atoms. The first-order valence-electron chi connectivity index (χ1n) is 8.97. The number of aliphatic carboxylic acids is 1. The maximum absolute atomic E-state index is 12.9. The maximum Gasteiger partial charge on any atom is 0.404 e. The zero-order valence-corrected chi connectivity index (χ0v) is 19.2. The molecule has 0 aliphatic carbocycles. The number of amides is 3. The molecular weight excluding hydrogens is 504 g/mol. The topological polar surface area (TPSA) is 263 Å². The van der Waals surface area contributed by atoms with Gasteiger partial charge in [-0.1, -0.05) is 5.16 Å². The summed E-state index contributed by atoms with van der Waals surface area (Å²) in [6.07, 6.45) is -1.23. The summed E-state index contributed by atoms with van der Waals surface area (Å²) >= 11 is 0.937. The van der Waals surface area contributed by atoms with E-state index in [0.717, 1.165) is 11.3 Å². The molecule has 0 radical (unpaired) electrons. The number of carbonyl (C=O) groups is 4. The molecule has 1 aliphatic rings. The first-order valence-corrected chi connectivity index (χ1v) is 11.5. The van der Waals surface area contributed by atoms with E-state index < -0.39 is 69.9 Å². The monoisotopic (exact) mass is 524 g/mol. The van der Waals surface area contributed by atoms with Crippen molar-refractivity contribution >= 4 is 56.2 Å². The Balaban J connectivity index is 2.26. The number of hydroxylamine groups is 2. The highest BCUT2D eigenvalue weighted by molar-refractivity contribution is 7.85. The van der Waals surface area contributed by atoms with E-state index in [0.29, 0.717) is 5.06 Å². The van der Waals surface area contributed by atoms with Gasteiger partial charge in [-0.25, -0.2) is 19.6 Å². The largest absolute Gasteiger partial charge is 0.478 e. The lowest BCUT2D eigenvalue weighted by atomic mass is 9.98. The average Bonchev–Trinajstić information content (AvgIpc) is 3.13. The van der Waals surface area contributed by atoms with Crippen LogP contribution < -0.4 is 16.8 Å². The molecule has 0 unspecified atom stereocenters. The van der Waals surface area contributed by atoms with Crippen LogP contribution in [0.1, 0.15) is 19.5 Å². The molecule has 0 aromatic carbocycles. The van der Waals surface area contributed by atoms with Gasteiger partial charge in [-0.05, 0) is 13.8 Å². The molecule has 3 amide bonds. The molecule has 2 atom stereocenters. The van der Waals surface area contributed by atoms with Crippen LogP contribution in [0.25, 0.3) is 0 Å². The molecule has 34 heavy (non-hydrogen) atoms. The van der Waals surface area contributed by atoms with Crippen LogP contribution in [0.5, 0.6) is 0 Å². The SMILES string of the molecule is CC(C)(O/N=C(\C(=O)N[C@@H]1C(=O)N(OCS(=O)(=O)O)[C@H]1COC(N)=O)c1csc(N)n1)C(=O)O. The van der Waals surface area contributed by atoms with Gasteiger partial charge in [0.05, 0.1) is 0 Å². The summed E-state index contributed by atoms with van der Waals surface area (Å²) in [5, 5.41) is 16.8. The Labute approximate surface area is 195 Å². The number of carbonyl (C=O) groups excluding carboxylic acids is 3. The molecule has 7 N–H and O–H groups in total. The van der Waals surface area contributed by atoms with E-state index in [1.165, 1.54) is 19.2 Å². The second-order valence-electron chi connectivity index (χ2n) is 7.06. The number of anilines is 1. The van der Waals surface area contributed by atoms with Gasteiger partial charge in [-0.15, -0.1) is 11.3 Å². The van der Waals surface area contributed by atoms with E-state index in [9.17, 15) is 27.6 Å². The van der Waals surface area contributed by atoms with E-state index >= 15 is 0 Å². The van der Waals surface area contributed by atoms with Crippen molar-refractivity contribution in [1.29, 1.82) is 0 Å². The molecule has 1 aromatic heterocycles. The van der Waals surface area contributed by atoms with Crippen LogP contribution in [0.2, 0.25) is 0 Å². The minimum absolute atomic E-state index is 0.0465. The average molecular weight is 524 g/mol. The van der Waals surface area contributed by atoms with Crippen molar-refractivity contribution in [3.05, 3.63) is 11.1 Å². The van der Waals surface area contributed by atoms with Crippen LogP contribution in [-0.2, 0) is 38.9 Å². The minimum atomic E-state index is -4.63. The molecule has 2 heterocycles. The fourth-order valence-corrected chi connectivity index (χ4v) is 3.09. The molecule has 1 aliphatic heterocycles. The van der Waals surface area contributed by atoms with E-state index in [1.54, 1.807) is 0 Å². The minimum Gasteiger partial charge on any atom is -0.478 e. The van der Waals surface area contributed by atoms with Gasteiger partial charge in [0.15, 0.2) is 10.8 Å². The van der Waals surface area contributed by atoms with E-state index in [1.807, 2.05) is 0 Å². The number of carboxylic acid groups (broad SMARTS) is 1. The van der Waals surface area contributed by atoms with Crippen LogP contribution in [0, 0.1) is 0 Å². The lowest BCUT2D eigenvalue weighted by Gasteiger charge is -2.44. The quantitative estimate of drug-likeness (QED) is 0.0897. The summed E-state index contributed by atoms with van der Waals surface area (Å²) in [6, 6.07) is -2.68. The number of hydrogen-bond donors (Lipinski definition) is 5. The van der Waals surface area contributed by atoms with Crippen molar-refractivity contribution in [2.75, 3.05) is 18.3 Å². The third-order valence-corrected chi connectivity index (χ3v) is 5.13. The number of β-lactam (4-membered cyclic amide) rings is 1. The molecule has 2 rings (SSSR count). The summed E-state index contributed by atoms with van der Waals surface area (Å²) < 4.78 is 35.2. The number of carboxylic acids is 1. The number of primary amides is 1. The standard InChI is InChI=1S/C15H20N6O11S2/c1-15(2,12(24)25)32-20-8(6-4-33-13(16)18-6)10(22)19-9-7(3-30-14(17)26)21(11(9)23)31-5-34(27,28)29/h4,7,9H,3,5H2,1-2H3,(H2,16,18)(H2,17,26)(H,19,22)(H,24,25)(H,27,28,29)/b20-8-/t7-,9-/m0/s1. The molecule has 19 heteroatoms. The van der Waals surface area contributed by atoms with Crippen molar-refractivity contribution in [3.63, 3.8) is 0 Å². The summed E-state index contributed by atoms with van der Waals surface area (Å²) in [5.41, 5.74) is 7.98. The van der Waals surface area contributed by atoms with E-state index in [-0.39, 0.29) is 10.8 Å². The van der Waals surface area contributed by atoms with Crippen molar-refractivity contribution in [2.24, 2.45) is 10.9 Å². The van der Waals surface area contributed by atoms with Gasteiger partial charge in [-0.2, -0.15) is 8.42 Å². The van der Waals surface area contributed by atoms with Crippen molar-refractivity contribution in [1.82, 2.24) is 15.4 Å². The lowest BCUT2D eigenvalue weighted by Crippen LogP contribution is -2.72. The highest BCUT2D eigenvalue weighted by Crippen LogP contribution is 2.22. The van der Waals surface area contributed by atoms with E-state index in [4.69, 9.17) is 30.8 Å². The Bertz CT molecular complexity index is 1120. The predicted molar refractivity (Wildman–Crippen MR) is 111 cm³/mol. The predicted octanol–water partition coefficient (Wildman–Crippen LogP) is -2.12. The summed E-state index contributed by atoms with van der Waals surface area (Å²) in [7, 11) is -4.63. The van der Waals surface area contributed by atoms with Crippen molar-refractivity contribution in [3.8, 4) is 0 Å². The fraction of sp³-hybridized carbons (Fsp3) is 0.467. The molecule has 188 valence electrons. The van der Waals surface area contributed by atoms with Crippen LogP contribution in [-0.4, -0.2) is 87.9 Å². The highest BCUT2D eigenvalue weighted by atomic mass is 32.2. The van der Waals surface area contributed by atoms with Crippen LogP contribution in [0.4, 0.5) is 9.93 Å². The van der Waals surface area contributed by atoms with Gasteiger partial charge >= 0.3 is 12.1 Å². The van der Waals surface area contributed by atoms with E-state index in [2.05, 4.69) is 20.2 Å². The second kappa shape index (κ2) is 10.2. The number of ether oxygens (including phenoxy) is 1. The number of aromatic nitrogens is 1. The van der Waals surface area contributed by atoms with Crippen molar-refractivity contribution in [2.45, 2.75) is 31.5 Å². The Morgan fingerprint density at radius 1 is 1.38 bits per heavy atom.